The molecule has 3 rings (SSSR count). The average molecular weight is 343 g/mol. The summed E-state index contributed by atoms with van der Waals surface area (Å²) in [6.07, 6.45) is 5.86. The highest BCUT2D eigenvalue weighted by Gasteiger charge is 2.16. The maximum absolute atomic E-state index is 12.1. The van der Waals surface area contributed by atoms with E-state index in [4.69, 9.17) is 0 Å². The Hall–Kier alpha value is -2.48. The summed E-state index contributed by atoms with van der Waals surface area (Å²) in [6.45, 7) is 6.00. The minimum absolute atomic E-state index is 0.202. The van der Waals surface area contributed by atoms with Gasteiger partial charge >= 0.3 is 0 Å². The third-order valence-corrected chi connectivity index (χ3v) is 4.25. The van der Waals surface area contributed by atoms with Gasteiger partial charge in [-0.15, -0.1) is 5.10 Å². The number of anilines is 1. The quantitative estimate of drug-likeness (QED) is 0.644. The lowest BCUT2D eigenvalue weighted by atomic mass is 10.00. The van der Waals surface area contributed by atoms with Gasteiger partial charge in [-0.3, -0.25) is 9.48 Å². The van der Waals surface area contributed by atoms with Crippen molar-refractivity contribution in [2.45, 2.75) is 26.3 Å². The van der Waals surface area contributed by atoms with E-state index in [0.29, 0.717) is 24.7 Å². The molecular weight excluding hydrogens is 318 g/mol. The predicted molar refractivity (Wildman–Crippen MR) is 95.4 cm³/mol. The monoisotopic (exact) mass is 343 g/mol. The van der Waals surface area contributed by atoms with E-state index in [1.807, 2.05) is 19.1 Å². The molecule has 1 fully saturated rings. The fourth-order valence-electron chi connectivity index (χ4n) is 2.93. The molecule has 3 heterocycles. The Morgan fingerprint density at radius 1 is 1.44 bits per heavy atom. The number of carbonyl (C=O) groups excluding carboxylic acids is 1. The first-order valence-electron chi connectivity index (χ1n) is 8.76. The molecule has 0 unspecified atom stereocenters. The van der Waals surface area contributed by atoms with Crippen LogP contribution < -0.4 is 16.0 Å². The highest BCUT2D eigenvalue weighted by atomic mass is 16.2. The average Bonchev–Trinajstić information content (AvgIpc) is 3.08. The van der Waals surface area contributed by atoms with Crippen LogP contribution in [-0.2, 0) is 6.54 Å². The summed E-state index contributed by atoms with van der Waals surface area (Å²) in [6, 6.07) is 3.91. The molecule has 134 valence electrons. The summed E-state index contributed by atoms with van der Waals surface area (Å²) in [5, 5.41) is 17.5. The van der Waals surface area contributed by atoms with Gasteiger partial charge in [-0.2, -0.15) is 0 Å². The molecule has 1 aliphatic rings. The van der Waals surface area contributed by atoms with Crippen LogP contribution in [0.25, 0.3) is 0 Å². The van der Waals surface area contributed by atoms with Crippen molar-refractivity contribution in [3.63, 3.8) is 0 Å². The summed E-state index contributed by atoms with van der Waals surface area (Å²) in [5.74, 6) is 1.16. The lowest BCUT2D eigenvalue weighted by Crippen LogP contribution is -2.32. The zero-order valence-electron chi connectivity index (χ0n) is 14.5. The Morgan fingerprint density at radius 3 is 3.16 bits per heavy atom. The number of nitrogens with one attached hydrogen (secondary N) is 3. The van der Waals surface area contributed by atoms with E-state index in [-0.39, 0.29) is 5.91 Å². The zero-order valence-corrected chi connectivity index (χ0v) is 14.5. The van der Waals surface area contributed by atoms with E-state index in [1.165, 1.54) is 12.8 Å². The van der Waals surface area contributed by atoms with E-state index < -0.39 is 0 Å². The van der Waals surface area contributed by atoms with Gasteiger partial charge in [-0.1, -0.05) is 5.21 Å². The Bertz CT molecular complexity index is 694. The molecule has 0 saturated carbocycles. The van der Waals surface area contributed by atoms with Crippen LogP contribution in [0.3, 0.4) is 0 Å². The van der Waals surface area contributed by atoms with Crippen LogP contribution in [0.4, 0.5) is 5.82 Å². The predicted octanol–water partition coefficient (Wildman–Crippen LogP) is 0.823. The first-order chi connectivity index (χ1) is 12.2. The van der Waals surface area contributed by atoms with Crippen LogP contribution in [0, 0.1) is 12.8 Å². The number of nitrogens with zero attached hydrogens (tertiary/aromatic N) is 4. The fourth-order valence-corrected chi connectivity index (χ4v) is 2.93. The number of amides is 1. The number of aryl methyl sites for hydroxylation is 1. The molecule has 2 aromatic heterocycles. The number of pyridine rings is 1. The molecule has 0 aromatic carbocycles. The van der Waals surface area contributed by atoms with Gasteiger partial charge in [0.2, 0.25) is 0 Å². The number of hydrogen-bond donors (Lipinski definition) is 3. The summed E-state index contributed by atoms with van der Waals surface area (Å²) >= 11 is 0. The van der Waals surface area contributed by atoms with Gasteiger partial charge in [0.15, 0.2) is 5.69 Å². The molecule has 1 atom stereocenters. The van der Waals surface area contributed by atoms with E-state index in [1.54, 1.807) is 17.1 Å². The second-order valence-electron chi connectivity index (χ2n) is 6.44. The normalized spacial score (nSPS) is 17.2. The van der Waals surface area contributed by atoms with Crippen molar-refractivity contribution in [1.82, 2.24) is 30.6 Å². The zero-order chi connectivity index (χ0) is 17.5. The Morgan fingerprint density at radius 2 is 2.36 bits per heavy atom. The van der Waals surface area contributed by atoms with E-state index in [2.05, 4.69) is 31.2 Å². The van der Waals surface area contributed by atoms with Crippen molar-refractivity contribution in [3.8, 4) is 0 Å². The van der Waals surface area contributed by atoms with Gasteiger partial charge in [0.05, 0.1) is 6.20 Å². The Labute approximate surface area is 147 Å². The Balaban J connectivity index is 1.40. The van der Waals surface area contributed by atoms with Crippen LogP contribution in [0.15, 0.2) is 24.5 Å². The van der Waals surface area contributed by atoms with E-state index >= 15 is 0 Å². The van der Waals surface area contributed by atoms with Gasteiger partial charge in [0.25, 0.3) is 5.91 Å². The van der Waals surface area contributed by atoms with Crippen molar-refractivity contribution in [2.75, 3.05) is 31.5 Å². The van der Waals surface area contributed by atoms with Crippen molar-refractivity contribution in [1.29, 1.82) is 0 Å². The minimum atomic E-state index is -0.202. The fraction of sp³-hybridized carbons (Fsp3) is 0.529. The highest BCUT2D eigenvalue weighted by molar-refractivity contribution is 5.91. The molecule has 8 nitrogen and oxygen atoms in total. The maximum Gasteiger partial charge on any atom is 0.273 e. The molecule has 8 heteroatoms. The number of rotatable bonds is 7. The van der Waals surface area contributed by atoms with Crippen molar-refractivity contribution >= 4 is 11.7 Å². The van der Waals surface area contributed by atoms with E-state index in [9.17, 15) is 4.79 Å². The maximum atomic E-state index is 12.1. The lowest BCUT2D eigenvalue weighted by molar-refractivity contribution is 0.0950. The largest absolute Gasteiger partial charge is 0.368 e. The van der Waals surface area contributed by atoms with Gasteiger partial charge < -0.3 is 16.0 Å². The summed E-state index contributed by atoms with van der Waals surface area (Å²) in [5.41, 5.74) is 1.50. The second kappa shape index (κ2) is 8.57. The van der Waals surface area contributed by atoms with Crippen LogP contribution in [0.1, 0.15) is 28.9 Å². The summed E-state index contributed by atoms with van der Waals surface area (Å²) < 4.78 is 1.77. The summed E-state index contributed by atoms with van der Waals surface area (Å²) in [7, 11) is 0. The molecule has 0 bridgehead atoms. The number of piperidine rings is 1. The van der Waals surface area contributed by atoms with E-state index in [0.717, 1.165) is 31.0 Å². The molecule has 25 heavy (non-hydrogen) atoms. The number of carbonyl (C=O) groups is 1. The van der Waals surface area contributed by atoms with Crippen LogP contribution >= 0.6 is 0 Å². The molecule has 0 radical (unpaired) electrons. The smallest absolute Gasteiger partial charge is 0.273 e. The van der Waals surface area contributed by atoms with Crippen LogP contribution in [-0.4, -0.2) is 52.1 Å². The van der Waals surface area contributed by atoms with Gasteiger partial charge in [0, 0.05) is 25.8 Å². The Kier molecular flexibility index (Phi) is 5.95. The number of aromatic nitrogens is 4. The highest BCUT2D eigenvalue weighted by Crippen LogP contribution is 2.12. The molecule has 1 aliphatic heterocycles. The van der Waals surface area contributed by atoms with Crippen LogP contribution in [0.5, 0.6) is 0 Å². The van der Waals surface area contributed by atoms with Gasteiger partial charge in [-0.25, -0.2) is 4.98 Å². The topological polar surface area (TPSA) is 96.8 Å². The van der Waals surface area contributed by atoms with Crippen molar-refractivity contribution in [3.05, 3.63) is 35.8 Å². The molecular formula is C17H25N7O. The third-order valence-electron chi connectivity index (χ3n) is 4.25. The third kappa shape index (κ3) is 5.25. The standard InChI is InChI=1S/C17H25N7O/c1-13-4-6-19-16(9-13)20-7-8-21-17(25)15-12-24(23-22-15)11-14-3-2-5-18-10-14/h4,6,9,12,14,18H,2-3,5,7-8,10-11H2,1H3,(H,19,20)(H,21,25)/t14-/m1/s1. The lowest BCUT2D eigenvalue weighted by Gasteiger charge is -2.22. The number of hydrogen-bond acceptors (Lipinski definition) is 6. The molecule has 0 aliphatic carbocycles. The van der Waals surface area contributed by atoms with Gasteiger partial charge in [-0.05, 0) is 56.5 Å². The molecule has 0 spiro atoms. The molecule has 2 aromatic rings. The SMILES string of the molecule is Cc1ccnc(NCCNC(=O)c2cn(C[C@@H]3CCCNC3)nn2)c1. The van der Waals surface area contributed by atoms with Crippen molar-refractivity contribution in [2.24, 2.45) is 5.92 Å². The molecule has 1 saturated heterocycles. The molecule has 3 N–H and O–H groups in total. The minimum Gasteiger partial charge on any atom is -0.368 e. The summed E-state index contributed by atoms with van der Waals surface area (Å²) in [4.78, 5) is 16.4. The second-order valence-corrected chi connectivity index (χ2v) is 6.44. The molecule has 1 amide bonds. The van der Waals surface area contributed by atoms with Crippen molar-refractivity contribution < 1.29 is 4.79 Å². The first kappa shape index (κ1) is 17.3. The first-order valence-corrected chi connectivity index (χ1v) is 8.76. The van der Waals surface area contributed by atoms with Crippen LogP contribution in [0.2, 0.25) is 0 Å². The van der Waals surface area contributed by atoms with Gasteiger partial charge in [0.1, 0.15) is 5.82 Å².